The van der Waals surface area contributed by atoms with Gasteiger partial charge in [-0.1, -0.05) is 166 Å². The van der Waals surface area contributed by atoms with E-state index in [1.807, 2.05) is 0 Å². The van der Waals surface area contributed by atoms with E-state index in [4.69, 9.17) is 10.2 Å². The molecule has 0 aliphatic carbocycles. The van der Waals surface area contributed by atoms with Crippen molar-refractivity contribution in [2.75, 3.05) is 29.5 Å². The fourth-order valence-corrected chi connectivity index (χ4v) is 6.25. The van der Waals surface area contributed by atoms with Crippen LogP contribution in [0.5, 0.6) is 0 Å². The summed E-state index contributed by atoms with van der Waals surface area (Å²) in [6.07, 6.45) is 28.3. The summed E-state index contributed by atoms with van der Waals surface area (Å²) in [5.74, 6) is -1.64. The Balaban J connectivity index is 2.64. The van der Waals surface area contributed by atoms with Gasteiger partial charge in [0.25, 0.3) is 0 Å². The SMILES string of the molecule is CCCCCCCCCCCCCN(CCCCCCCCCCCCC)c1nc(SCC(=O)O)nc(SCC(=O)O)n1. The normalized spacial score (nSPS) is 11.2. The van der Waals surface area contributed by atoms with Crippen molar-refractivity contribution in [3.63, 3.8) is 0 Å². The van der Waals surface area contributed by atoms with Crippen LogP contribution in [0.4, 0.5) is 5.95 Å². The molecule has 1 aromatic heterocycles. The number of unbranched alkanes of at least 4 members (excludes halogenated alkanes) is 20. The number of thioether (sulfide) groups is 2. The van der Waals surface area contributed by atoms with Gasteiger partial charge < -0.3 is 15.1 Å². The molecule has 0 unspecified atom stereocenters. The number of carbonyl (C=O) groups is 2. The Morgan fingerprint density at radius 2 is 0.814 bits per heavy atom. The highest BCUT2D eigenvalue weighted by Crippen LogP contribution is 2.23. The first-order valence-electron chi connectivity index (χ1n) is 17.2. The Bertz CT molecular complexity index is 785. The van der Waals surface area contributed by atoms with Gasteiger partial charge in [0.1, 0.15) is 0 Å². The predicted octanol–water partition coefficient (Wildman–Crippen LogP) is 9.65. The largest absolute Gasteiger partial charge is 0.481 e. The third-order valence-electron chi connectivity index (χ3n) is 7.58. The molecule has 0 atom stereocenters. The van der Waals surface area contributed by atoms with Gasteiger partial charge in [-0.3, -0.25) is 9.59 Å². The number of rotatable bonds is 31. The highest BCUT2D eigenvalue weighted by Gasteiger charge is 2.16. The van der Waals surface area contributed by atoms with E-state index >= 15 is 0 Å². The Kier molecular flexibility index (Phi) is 25.7. The van der Waals surface area contributed by atoms with Crippen molar-refractivity contribution >= 4 is 41.4 Å². The number of hydrogen-bond acceptors (Lipinski definition) is 8. The van der Waals surface area contributed by atoms with E-state index < -0.39 is 11.9 Å². The van der Waals surface area contributed by atoms with Gasteiger partial charge >= 0.3 is 11.9 Å². The standard InChI is InChI=1S/C33H60N4O4S2/c1-3-5-7-9-11-13-15-17-19-21-23-25-37(26-24-22-20-18-16-14-12-10-8-6-4-2)31-34-32(42-27-29(38)39)36-33(35-31)43-28-30(40)41/h3-28H2,1-2H3,(H,38,39)(H,40,41). The quantitative estimate of drug-likeness (QED) is 0.0600. The molecule has 0 aliphatic heterocycles. The molecule has 2 N–H and O–H groups in total. The zero-order valence-electron chi connectivity index (χ0n) is 27.2. The van der Waals surface area contributed by atoms with Gasteiger partial charge in [-0.15, -0.1) is 0 Å². The number of aromatic nitrogens is 3. The summed E-state index contributed by atoms with van der Waals surface area (Å²) < 4.78 is 0. The summed E-state index contributed by atoms with van der Waals surface area (Å²) in [6.45, 7) is 6.19. The number of hydrogen-bond donors (Lipinski definition) is 2. The van der Waals surface area contributed by atoms with E-state index in [0.717, 1.165) is 62.3 Å². The lowest BCUT2D eigenvalue weighted by atomic mass is 10.1. The predicted molar refractivity (Wildman–Crippen MR) is 182 cm³/mol. The van der Waals surface area contributed by atoms with Crippen molar-refractivity contribution in [1.82, 2.24) is 15.0 Å². The molecule has 1 heterocycles. The van der Waals surface area contributed by atoms with Crippen LogP contribution in [0.3, 0.4) is 0 Å². The summed E-state index contributed by atoms with van der Waals surface area (Å²) >= 11 is 2.10. The fourth-order valence-electron chi connectivity index (χ4n) is 5.10. The van der Waals surface area contributed by atoms with Crippen LogP contribution in [0, 0.1) is 0 Å². The topological polar surface area (TPSA) is 117 Å². The molecule has 1 aromatic rings. The Labute approximate surface area is 270 Å². The number of carboxylic acids is 2. The Morgan fingerprint density at radius 3 is 1.12 bits per heavy atom. The minimum atomic E-state index is -0.939. The molecule has 8 nitrogen and oxygen atoms in total. The van der Waals surface area contributed by atoms with E-state index in [1.54, 1.807) is 0 Å². The van der Waals surface area contributed by atoms with Crippen LogP contribution in [0.2, 0.25) is 0 Å². The van der Waals surface area contributed by atoms with Crippen LogP contribution in [-0.4, -0.2) is 61.7 Å². The van der Waals surface area contributed by atoms with Crippen LogP contribution >= 0.6 is 23.5 Å². The molecule has 248 valence electrons. The smallest absolute Gasteiger partial charge is 0.313 e. The molecule has 0 saturated heterocycles. The lowest BCUT2D eigenvalue weighted by Gasteiger charge is -2.23. The first-order chi connectivity index (χ1) is 21.0. The molecule has 0 amide bonds. The third kappa shape index (κ3) is 23.5. The monoisotopic (exact) mass is 640 g/mol. The van der Waals surface area contributed by atoms with Gasteiger partial charge in [-0.05, 0) is 12.8 Å². The van der Waals surface area contributed by atoms with Crippen molar-refractivity contribution in [2.45, 2.75) is 165 Å². The van der Waals surface area contributed by atoms with Crippen LogP contribution in [-0.2, 0) is 9.59 Å². The number of carboxylic acid groups (broad SMARTS) is 2. The maximum atomic E-state index is 11.2. The van der Waals surface area contributed by atoms with E-state index in [9.17, 15) is 9.59 Å². The molecular formula is C33H60N4O4S2. The van der Waals surface area contributed by atoms with Crippen LogP contribution in [0.25, 0.3) is 0 Å². The molecule has 43 heavy (non-hydrogen) atoms. The number of nitrogens with zero attached hydrogens (tertiary/aromatic N) is 4. The zero-order valence-corrected chi connectivity index (χ0v) is 28.8. The van der Waals surface area contributed by atoms with Gasteiger partial charge in [0.15, 0.2) is 10.3 Å². The first kappa shape index (κ1) is 39.5. The van der Waals surface area contributed by atoms with Gasteiger partial charge in [0, 0.05) is 13.1 Å². The lowest BCUT2D eigenvalue weighted by Crippen LogP contribution is -2.28. The van der Waals surface area contributed by atoms with Crippen LogP contribution < -0.4 is 4.90 Å². The minimum Gasteiger partial charge on any atom is -0.481 e. The van der Waals surface area contributed by atoms with Crippen molar-refractivity contribution in [1.29, 1.82) is 0 Å². The highest BCUT2D eigenvalue weighted by molar-refractivity contribution is 8.00. The van der Waals surface area contributed by atoms with Crippen LogP contribution in [0.15, 0.2) is 10.3 Å². The van der Waals surface area contributed by atoms with E-state index in [2.05, 4.69) is 33.7 Å². The Morgan fingerprint density at radius 1 is 0.512 bits per heavy atom. The average molecular weight is 641 g/mol. The van der Waals surface area contributed by atoms with Crippen LogP contribution in [0.1, 0.15) is 155 Å². The maximum absolute atomic E-state index is 11.2. The van der Waals surface area contributed by atoms with Gasteiger partial charge in [-0.2, -0.15) is 15.0 Å². The average Bonchev–Trinajstić information content (AvgIpc) is 2.99. The second-order valence-corrected chi connectivity index (χ2v) is 13.5. The van der Waals surface area contributed by atoms with Gasteiger partial charge in [0.2, 0.25) is 5.95 Å². The minimum absolute atomic E-state index is 0.149. The summed E-state index contributed by atoms with van der Waals surface area (Å²) in [4.78, 5) is 38.1. The molecule has 0 aromatic carbocycles. The molecule has 0 bridgehead atoms. The molecule has 0 fully saturated rings. The molecule has 0 radical (unpaired) electrons. The second kappa shape index (κ2) is 28.0. The molecular weight excluding hydrogens is 581 g/mol. The summed E-state index contributed by atoms with van der Waals surface area (Å²) in [7, 11) is 0. The third-order valence-corrected chi connectivity index (χ3v) is 9.24. The maximum Gasteiger partial charge on any atom is 0.313 e. The van der Waals surface area contributed by atoms with E-state index in [0.29, 0.717) is 16.3 Å². The van der Waals surface area contributed by atoms with Gasteiger partial charge in [0.05, 0.1) is 11.5 Å². The molecule has 0 saturated carbocycles. The summed E-state index contributed by atoms with van der Waals surface area (Å²) in [5.41, 5.74) is 0. The molecule has 0 aliphatic rings. The van der Waals surface area contributed by atoms with Crippen molar-refractivity contribution in [2.24, 2.45) is 0 Å². The van der Waals surface area contributed by atoms with Gasteiger partial charge in [-0.25, -0.2) is 0 Å². The number of aliphatic carboxylic acids is 2. The van der Waals surface area contributed by atoms with E-state index in [1.165, 1.54) is 116 Å². The van der Waals surface area contributed by atoms with Crippen molar-refractivity contribution in [3.8, 4) is 0 Å². The Hall–Kier alpha value is -1.55. The summed E-state index contributed by atoms with van der Waals surface area (Å²) in [5, 5.41) is 19.0. The molecule has 0 spiro atoms. The number of anilines is 1. The molecule has 1 rings (SSSR count). The highest BCUT2D eigenvalue weighted by atomic mass is 32.2. The van der Waals surface area contributed by atoms with Crippen molar-refractivity contribution in [3.05, 3.63) is 0 Å². The van der Waals surface area contributed by atoms with Crippen molar-refractivity contribution < 1.29 is 19.8 Å². The first-order valence-corrected chi connectivity index (χ1v) is 19.1. The fraction of sp³-hybridized carbons (Fsp3) is 0.848. The summed E-state index contributed by atoms with van der Waals surface area (Å²) in [6, 6.07) is 0. The zero-order chi connectivity index (χ0) is 31.4. The van der Waals surface area contributed by atoms with E-state index in [-0.39, 0.29) is 11.5 Å². The molecule has 10 heteroatoms. The second-order valence-electron chi connectivity index (χ2n) is 11.6. The lowest BCUT2D eigenvalue weighted by molar-refractivity contribution is -0.134.